The monoisotopic (exact) mass is 281 g/mol. The van der Waals surface area contributed by atoms with Gasteiger partial charge in [0.05, 0.1) is 4.92 Å². The van der Waals surface area contributed by atoms with E-state index in [1.54, 1.807) is 11.7 Å². The largest absolute Gasteiger partial charge is 0.350 e. The number of aryl methyl sites for hydroxylation is 1. The highest BCUT2D eigenvalue weighted by Gasteiger charge is 2.33. The van der Waals surface area contributed by atoms with Crippen LogP contribution in [0, 0.1) is 10.1 Å². The zero-order valence-electron chi connectivity index (χ0n) is 12.6. The molecule has 2 rings (SSSR count). The van der Waals surface area contributed by atoms with Gasteiger partial charge in [0.25, 0.3) is 0 Å². The maximum atomic E-state index is 11.5. The molecule has 0 spiro atoms. The molecular weight excluding hydrogens is 258 g/mol. The Morgan fingerprint density at radius 1 is 1.50 bits per heavy atom. The van der Waals surface area contributed by atoms with Crippen LogP contribution in [-0.2, 0) is 7.05 Å². The molecule has 1 fully saturated rings. The molecule has 7 heteroatoms. The van der Waals surface area contributed by atoms with Gasteiger partial charge in [-0.3, -0.25) is 10.1 Å². The van der Waals surface area contributed by atoms with E-state index in [0.717, 1.165) is 25.9 Å². The fourth-order valence-electron chi connectivity index (χ4n) is 2.85. The van der Waals surface area contributed by atoms with Gasteiger partial charge in [-0.05, 0) is 19.9 Å². The average molecular weight is 281 g/mol. The van der Waals surface area contributed by atoms with Gasteiger partial charge in [0, 0.05) is 32.1 Å². The van der Waals surface area contributed by atoms with E-state index >= 15 is 0 Å². The molecule has 112 valence electrons. The maximum Gasteiger partial charge on any atom is 0.334 e. The number of hydrogen-bond donors (Lipinski definition) is 1. The molecule has 1 aliphatic rings. The first-order chi connectivity index (χ1) is 9.45. The van der Waals surface area contributed by atoms with Gasteiger partial charge in [0.1, 0.15) is 5.69 Å². The molecule has 2 heterocycles. The van der Waals surface area contributed by atoms with Crippen LogP contribution in [0.1, 0.15) is 38.3 Å². The highest BCUT2D eigenvalue weighted by atomic mass is 16.6. The Bertz CT molecular complexity index is 497. The molecule has 0 saturated carbocycles. The standard InChI is InChI=1S/C13H23N5O2/c1-9(2)11-12(18(19)20)13(16(4)15-11)17-7-5-6-10(8-17)14-3/h9-10,14H,5-8H2,1-4H3. The molecular formula is C13H23N5O2. The number of nitrogens with zero attached hydrogens (tertiary/aromatic N) is 4. The lowest BCUT2D eigenvalue weighted by Gasteiger charge is -2.33. The van der Waals surface area contributed by atoms with Crippen molar-refractivity contribution in [3.8, 4) is 0 Å². The van der Waals surface area contributed by atoms with Crippen LogP contribution in [0.15, 0.2) is 0 Å². The van der Waals surface area contributed by atoms with Crippen LogP contribution < -0.4 is 10.2 Å². The third-order valence-corrected chi connectivity index (χ3v) is 3.88. The summed E-state index contributed by atoms with van der Waals surface area (Å²) in [5.74, 6) is 0.680. The lowest BCUT2D eigenvalue weighted by atomic mass is 10.1. The van der Waals surface area contributed by atoms with E-state index in [4.69, 9.17) is 0 Å². The Balaban J connectivity index is 2.42. The molecule has 1 aliphatic heterocycles. The number of nitrogens with one attached hydrogen (secondary N) is 1. The van der Waals surface area contributed by atoms with Crippen LogP contribution >= 0.6 is 0 Å². The normalized spacial score (nSPS) is 19.6. The van der Waals surface area contributed by atoms with Crippen LogP contribution in [0.3, 0.4) is 0 Å². The number of likely N-dealkylation sites (N-methyl/N-ethyl adjacent to an activating group) is 1. The first kappa shape index (κ1) is 14.8. The van der Waals surface area contributed by atoms with Gasteiger partial charge >= 0.3 is 5.69 Å². The van der Waals surface area contributed by atoms with Crippen molar-refractivity contribution in [2.45, 2.75) is 38.6 Å². The van der Waals surface area contributed by atoms with Crippen molar-refractivity contribution in [2.24, 2.45) is 7.05 Å². The van der Waals surface area contributed by atoms with Gasteiger partial charge in [0.15, 0.2) is 0 Å². The highest BCUT2D eigenvalue weighted by molar-refractivity contribution is 5.62. The third-order valence-electron chi connectivity index (χ3n) is 3.88. The number of rotatable bonds is 4. The summed E-state index contributed by atoms with van der Waals surface area (Å²) in [6.45, 7) is 5.50. The Morgan fingerprint density at radius 3 is 2.75 bits per heavy atom. The highest BCUT2D eigenvalue weighted by Crippen LogP contribution is 2.36. The summed E-state index contributed by atoms with van der Waals surface area (Å²) in [4.78, 5) is 13.3. The summed E-state index contributed by atoms with van der Waals surface area (Å²) >= 11 is 0. The minimum absolute atomic E-state index is 0.0419. The lowest BCUT2D eigenvalue weighted by molar-refractivity contribution is -0.385. The topological polar surface area (TPSA) is 76.2 Å². The SMILES string of the molecule is CNC1CCCN(c2c([N+](=O)[O-])c(C(C)C)nn2C)C1. The van der Waals surface area contributed by atoms with E-state index in [0.29, 0.717) is 17.6 Å². The van der Waals surface area contributed by atoms with Crippen LogP contribution in [0.4, 0.5) is 11.5 Å². The second-order valence-electron chi connectivity index (χ2n) is 5.67. The summed E-state index contributed by atoms with van der Waals surface area (Å²) in [6.07, 6.45) is 2.14. The molecule has 0 radical (unpaired) electrons. The molecule has 7 nitrogen and oxygen atoms in total. The Labute approximate surface area is 119 Å². The minimum atomic E-state index is -0.291. The van der Waals surface area contributed by atoms with E-state index in [1.807, 2.05) is 20.9 Å². The number of piperidine rings is 1. The third kappa shape index (κ3) is 2.63. The quantitative estimate of drug-likeness (QED) is 0.670. The molecule has 20 heavy (non-hydrogen) atoms. The van der Waals surface area contributed by atoms with E-state index in [1.165, 1.54) is 0 Å². The lowest BCUT2D eigenvalue weighted by Crippen LogP contribution is -2.45. The van der Waals surface area contributed by atoms with E-state index < -0.39 is 0 Å². The fourth-order valence-corrected chi connectivity index (χ4v) is 2.85. The second-order valence-corrected chi connectivity index (χ2v) is 5.67. The average Bonchev–Trinajstić information content (AvgIpc) is 2.77. The van der Waals surface area contributed by atoms with Crippen molar-refractivity contribution < 1.29 is 4.92 Å². The number of hydrogen-bond acceptors (Lipinski definition) is 5. The predicted octanol–water partition coefficient (Wildman–Crippen LogP) is 1.64. The van der Waals surface area contributed by atoms with Crippen LogP contribution in [0.5, 0.6) is 0 Å². The van der Waals surface area contributed by atoms with E-state index in [-0.39, 0.29) is 16.5 Å². The van der Waals surface area contributed by atoms with Gasteiger partial charge in [-0.15, -0.1) is 0 Å². The first-order valence-electron chi connectivity index (χ1n) is 7.09. The van der Waals surface area contributed by atoms with Crippen LogP contribution in [0.25, 0.3) is 0 Å². The summed E-state index contributed by atoms with van der Waals surface area (Å²) < 4.78 is 1.66. The van der Waals surface area contributed by atoms with Crippen LogP contribution in [0.2, 0.25) is 0 Å². The molecule has 0 aliphatic carbocycles. The molecule has 1 aromatic heterocycles. The van der Waals surface area contributed by atoms with E-state index in [2.05, 4.69) is 15.3 Å². The molecule has 0 aromatic carbocycles. The number of nitro groups is 1. The van der Waals surface area contributed by atoms with Gasteiger partial charge < -0.3 is 10.2 Å². The molecule has 1 atom stereocenters. The fraction of sp³-hybridized carbons (Fsp3) is 0.769. The van der Waals surface area contributed by atoms with E-state index in [9.17, 15) is 10.1 Å². The molecule has 1 unspecified atom stereocenters. The minimum Gasteiger partial charge on any atom is -0.350 e. The Kier molecular flexibility index (Phi) is 4.27. The number of anilines is 1. The number of aromatic nitrogens is 2. The Morgan fingerprint density at radius 2 is 2.20 bits per heavy atom. The molecule has 0 bridgehead atoms. The van der Waals surface area contributed by atoms with Crippen molar-refractivity contribution in [2.75, 3.05) is 25.0 Å². The Hall–Kier alpha value is -1.63. The van der Waals surface area contributed by atoms with Gasteiger partial charge in [-0.2, -0.15) is 5.10 Å². The maximum absolute atomic E-state index is 11.5. The van der Waals surface area contributed by atoms with Gasteiger partial charge in [-0.1, -0.05) is 13.8 Å². The zero-order valence-corrected chi connectivity index (χ0v) is 12.6. The van der Waals surface area contributed by atoms with Gasteiger partial charge in [0.2, 0.25) is 5.82 Å². The van der Waals surface area contributed by atoms with Crippen LogP contribution in [-0.4, -0.2) is 40.9 Å². The van der Waals surface area contributed by atoms with Crippen molar-refractivity contribution in [1.29, 1.82) is 0 Å². The van der Waals surface area contributed by atoms with Crippen molar-refractivity contribution in [1.82, 2.24) is 15.1 Å². The van der Waals surface area contributed by atoms with Gasteiger partial charge in [-0.25, -0.2) is 4.68 Å². The first-order valence-corrected chi connectivity index (χ1v) is 7.09. The zero-order chi connectivity index (χ0) is 14.9. The predicted molar refractivity (Wildman–Crippen MR) is 78.2 cm³/mol. The molecule has 1 aromatic rings. The smallest absolute Gasteiger partial charge is 0.334 e. The van der Waals surface area contributed by atoms with Crippen molar-refractivity contribution in [3.63, 3.8) is 0 Å². The van der Waals surface area contributed by atoms with Crippen molar-refractivity contribution >= 4 is 11.5 Å². The molecule has 1 saturated heterocycles. The molecule has 1 N–H and O–H groups in total. The molecule has 0 amide bonds. The summed E-state index contributed by atoms with van der Waals surface area (Å²) in [6, 6.07) is 0.376. The summed E-state index contributed by atoms with van der Waals surface area (Å²) in [5, 5.41) is 19.1. The summed E-state index contributed by atoms with van der Waals surface area (Å²) in [5.41, 5.74) is 0.735. The van der Waals surface area contributed by atoms with Crippen molar-refractivity contribution in [3.05, 3.63) is 15.8 Å². The second kappa shape index (κ2) is 5.78. The summed E-state index contributed by atoms with van der Waals surface area (Å²) in [7, 11) is 3.72.